The van der Waals surface area contributed by atoms with E-state index in [2.05, 4.69) is 20.8 Å². The van der Waals surface area contributed by atoms with Crippen LogP contribution in [0.4, 0.5) is 10.5 Å². The molecule has 0 aromatic heterocycles. The molecule has 1 aromatic carbocycles. The lowest BCUT2D eigenvalue weighted by molar-refractivity contribution is 0.00996. The Balaban J connectivity index is 2.36. The van der Waals surface area contributed by atoms with E-state index in [0.717, 1.165) is 35.0 Å². The van der Waals surface area contributed by atoms with E-state index in [1.54, 1.807) is 11.0 Å². The number of hydrogen-bond acceptors (Lipinski definition) is 5. The molecule has 1 fully saturated rings. The summed E-state index contributed by atoms with van der Waals surface area (Å²) in [6.45, 7) is 8.16. The monoisotopic (exact) mass is 440 g/mol. The molecular formula is C20H29BrN2O4. The van der Waals surface area contributed by atoms with Crippen LogP contribution in [0.1, 0.15) is 56.0 Å². The highest BCUT2D eigenvalue weighted by molar-refractivity contribution is 9.10. The van der Waals surface area contributed by atoms with E-state index in [4.69, 9.17) is 9.47 Å². The maximum atomic E-state index is 12.7. The highest BCUT2D eigenvalue weighted by Gasteiger charge is 2.33. The van der Waals surface area contributed by atoms with Crippen molar-refractivity contribution in [3.05, 3.63) is 27.7 Å². The zero-order valence-corrected chi connectivity index (χ0v) is 18.6. The van der Waals surface area contributed by atoms with Crippen molar-refractivity contribution in [1.29, 1.82) is 0 Å². The van der Waals surface area contributed by atoms with Crippen molar-refractivity contribution in [2.75, 3.05) is 25.6 Å². The maximum Gasteiger partial charge on any atom is 0.411 e. The van der Waals surface area contributed by atoms with Crippen LogP contribution in [0.2, 0.25) is 0 Å². The van der Waals surface area contributed by atoms with E-state index in [-0.39, 0.29) is 18.2 Å². The first-order valence-corrected chi connectivity index (χ1v) is 9.95. The molecule has 0 N–H and O–H groups in total. The molecule has 0 aliphatic carbocycles. The van der Waals surface area contributed by atoms with Gasteiger partial charge in [0.05, 0.1) is 12.7 Å². The van der Waals surface area contributed by atoms with Gasteiger partial charge in [-0.25, -0.2) is 9.59 Å². The number of rotatable bonds is 3. The number of amides is 1. The van der Waals surface area contributed by atoms with Gasteiger partial charge in [-0.05, 0) is 64.7 Å². The molecule has 1 heterocycles. The first-order chi connectivity index (χ1) is 12.5. The minimum Gasteiger partial charge on any atom is -0.465 e. The molecule has 1 aliphatic heterocycles. The van der Waals surface area contributed by atoms with E-state index in [0.29, 0.717) is 12.1 Å². The molecule has 0 bridgehead atoms. The summed E-state index contributed by atoms with van der Waals surface area (Å²) in [5.74, 6) is -0.379. The third-order valence-electron chi connectivity index (χ3n) is 4.68. The molecule has 27 heavy (non-hydrogen) atoms. The van der Waals surface area contributed by atoms with Crippen LogP contribution in [-0.2, 0) is 9.47 Å². The highest BCUT2D eigenvalue weighted by atomic mass is 79.9. The Kier molecular flexibility index (Phi) is 6.78. The van der Waals surface area contributed by atoms with Gasteiger partial charge in [0.1, 0.15) is 11.8 Å². The van der Waals surface area contributed by atoms with Crippen LogP contribution < -0.4 is 4.90 Å². The van der Waals surface area contributed by atoms with Gasteiger partial charge < -0.3 is 14.4 Å². The molecular weight excluding hydrogens is 412 g/mol. The summed E-state index contributed by atoms with van der Waals surface area (Å²) in [6, 6.07) is 3.72. The number of esters is 1. The summed E-state index contributed by atoms with van der Waals surface area (Å²) in [7, 11) is 3.32. The molecule has 0 radical (unpaired) electrons. The molecule has 6 nitrogen and oxygen atoms in total. The van der Waals surface area contributed by atoms with Gasteiger partial charge in [0, 0.05) is 23.8 Å². The average Bonchev–Trinajstić information content (AvgIpc) is 2.60. The lowest BCUT2D eigenvalue weighted by Crippen LogP contribution is -2.53. The molecule has 1 aliphatic rings. The summed E-state index contributed by atoms with van der Waals surface area (Å²) in [5, 5.41) is 0. The fourth-order valence-corrected chi connectivity index (χ4v) is 3.81. The Morgan fingerprint density at radius 3 is 2.52 bits per heavy atom. The smallest absolute Gasteiger partial charge is 0.411 e. The first kappa shape index (κ1) is 21.5. The van der Waals surface area contributed by atoms with Gasteiger partial charge in [-0.3, -0.25) is 4.90 Å². The Morgan fingerprint density at radius 1 is 1.26 bits per heavy atom. The predicted octanol–water partition coefficient (Wildman–Crippen LogP) is 4.73. The molecule has 150 valence electrons. The van der Waals surface area contributed by atoms with Crippen LogP contribution in [-0.4, -0.2) is 49.4 Å². The number of ether oxygens (including phenoxy) is 2. The van der Waals surface area contributed by atoms with Crippen molar-refractivity contribution in [1.82, 2.24) is 4.90 Å². The molecule has 1 aromatic rings. The molecule has 1 unspecified atom stereocenters. The van der Waals surface area contributed by atoms with Crippen LogP contribution in [0.15, 0.2) is 16.6 Å². The fourth-order valence-electron chi connectivity index (χ4n) is 3.36. The van der Waals surface area contributed by atoms with Crippen molar-refractivity contribution < 1.29 is 19.1 Å². The molecule has 1 atom stereocenters. The lowest BCUT2D eigenvalue weighted by Gasteiger charge is -2.42. The zero-order chi connectivity index (χ0) is 20.4. The summed E-state index contributed by atoms with van der Waals surface area (Å²) < 4.78 is 11.3. The Morgan fingerprint density at radius 2 is 1.93 bits per heavy atom. The lowest BCUT2D eigenvalue weighted by atomic mass is 10.0. The van der Waals surface area contributed by atoms with Gasteiger partial charge in [0.2, 0.25) is 0 Å². The molecule has 1 amide bonds. The number of halogens is 1. The van der Waals surface area contributed by atoms with Gasteiger partial charge in [-0.1, -0.05) is 15.9 Å². The van der Waals surface area contributed by atoms with Crippen molar-refractivity contribution in [3.8, 4) is 0 Å². The molecule has 2 rings (SSSR count). The highest BCUT2D eigenvalue weighted by Crippen LogP contribution is 2.32. The van der Waals surface area contributed by atoms with Crippen LogP contribution in [0.5, 0.6) is 0 Å². The summed E-state index contributed by atoms with van der Waals surface area (Å²) in [6.07, 6.45) is 2.39. The quantitative estimate of drug-likeness (QED) is 0.635. The number of carbonyl (C=O) groups is 2. The number of benzene rings is 1. The summed E-state index contributed by atoms with van der Waals surface area (Å²) in [5.41, 5.74) is 1.67. The van der Waals surface area contributed by atoms with Crippen molar-refractivity contribution in [2.45, 2.75) is 58.7 Å². The number of likely N-dealkylation sites (tertiary alicyclic amines) is 1. The second-order valence-corrected chi connectivity index (χ2v) is 8.77. The number of methoxy groups -OCH3 is 1. The largest absolute Gasteiger partial charge is 0.465 e. The van der Waals surface area contributed by atoms with Gasteiger partial charge in [0.15, 0.2) is 0 Å². The second kappa shape index (κ2) is 8.50. The van der Waals surface area contributed by atoms with Crippen LogP contribution in [0, 0.1) is 6.92 Å². The van der Waals surface area contributed by atoms with E-state index in [1.807, 2.05) is 40.8 Å². The standard InChI is InChI=1S/C20H29BrN2O4/c1-13-15(18(24)26-6)11-14(21)12-16(13)22(5)17-9-7-8-10-23(17)19(25)27-20(2,3)4/h11-12,17H,7-10H2,1-6H3. The maximum absolute atomic E-state index is 12.7. The van der Waals surface area contributed by atoms with Gasteiger partial charge >= 0.3 is 12.1 Å². The second-order valence-electron chi connectivity index (χ2n) is 7.85. The van der Waals surface area contributed by atoms with E-state index >= 15 is 0 Å². The van der Waals surface area contributed by atoms with Crippen molar-refractivity contribution in [2.24, 2.45) is 0 Å². The number of carbonyl (C=O) groups excluding carboxylic acids is 2. The Bertz CT molecular complexity index is 715. The normalized spacial score (nSPS) is 17.4. The zero-order valence-electron chi connectivity index (χ0n) is 17.0. The van der Waals surface area contributed by atoms with Crippen molar-refractivity contribution >= 4 is 33.7 Å². The number of piperidine rings is 1. The molecule has 1 saturated heterocycles. The van der Waals surface area contributed by atoms with Crippen LogP contribution >= 0.6 is 15.9 Å². The summed E-state index contributed by atoms with van der Waals surface area (Å²) in [4.78, 5) is 28.7. The van der Waals surface area contributed by atoms with Gasteiger partial charge in [-0.15, -0.1) is 0 Å². The van der Waals surface area contributed by atoms with Gasteiger partial charge in [0.25, 0.3) is 0 Å². The fraction of sp³-hybridized carbons (Fsp3) is 0.600. The van der Waals surface area contributed by atoms with Crippen molar-refractivity contribution in [3.63, 3.8) is 0 Å². The van der Waals surface area contributed by atoms with E-state index < -0.39 is 5.60 Å². The van der Waals surface area contributed by atoms with E-state index in [1.165, 1.54) is 7.11 Å². The van der Waals surface area contributed by atoms with E-state index in [9.17, 15) is 9.59 Å². The minimum atomic E-state index is -0.540. The van der Waals surface area contributed by atoms with Crippen LogP contribution in [0.25, 0.3) is 0 Å². The summed E-state index contributed by atoms with van der Waals surface area (Å²) >= 11 is 3.48. The average molecular weight is 441 g/mol. The Hall–Kier alpha value is -1.76. The molecule has 0 saturated carbocycles. The Labute approximate surface area is 169 Å². The predicted molar refractivity (Wildman–Crippen MR) is 109 cm³/mol. The third kappa shape index (κ3) is 5.15. The SMILES string of the molecule is COC(=O)c1cc(Br)cc(N(C)C2CCCCN2C(=O)OC(C)(C)C)c1C. The third-order valence-corrected chi connectivity index (χ3v) is 5.13. The van der Waals surface area contributed by atoms with Crippen LogP contribution in [0.3, 0.4) is 0 Å². The topological polar surface area (TPSA) is 59.1 Å². The van der Waals surface area contributed by atoms with Gasteiger partial charge in [-0.2, -0.15) is 0 Å². The number of hydrogen-bond donors (Lipinski definition) is 0. The molecule has 7 heteroatoms. The number of anilines is 1. The minimum absolute atomic E-state index is 0.132. The molecule has 0 spiro atoms. The number of nitrogens with zero attached hydrogens (tertiary/aromatic N) is 2. The first-order valence-electron chi connectivity index (χ1n) is 9.16.